The number of aliphatic hydroxyl groups excluding tert-OH is 1. The van der Waals surface area contributed by atoms with Crippen LogP contribution in [0.4, 0.5) is 0 Å². The van der Waals surface area contributed by atoms with Gasteiger partial charge in [-0.1, -0.05) is 114 Å². The summed E-state index contributed by atoms with van der Waals surface area (Å²) < 4.78 is 5.61. The third-order valence-electron chi connectivity index (χ3n) is 5.98. The molecule has 0 fully saturated rings. The Morgan fingerprint density at radius 2 is 1.16 bits per heavy atom. The van der Waals surface area contributed by atoms with Crippen LogP contribution in [-0.2, 0) is 0 Å². The Labute approximate surface area is 195 Å². The summed E-state index contributed by atoms with van der Waals surface area (Å²) in [7, 11) is 0. The number of aliphatic hydroxyl groups is 1. The molecule has 0 heterocycles. The van der Waals surface area contributed by atoms with E-state index in [-0.39, 0.29) is 5.78 Å². The molecular weight excluding hydrogens is 396 g/mol. The van der Waals surface area contributed by atoms with Crippen molar-refractivity contribution in [3.8, 4) is 5.75 Å². The number of carbonyl (C=O) groups is 1. The highest BCUT2D eigenvalue weighted by Crippen LogP contribution is 2.18. The molecule has 0 radical (unpaired) electrons. The van der Waals surface area contributed by atoms with Crippen molar-refractivity contribution in [2.24, 2.45) is 0 Å². The lowest BCUT2D eigenvalue weighted by Gasteiger charge is -2.13. The summed E-state index contributed by atoms with van der Waals surface area (Å²) in [5.74, 6) is 0.585. The van der Waals surface area contributed by atoms with Gasteiger partial charge in [0.1, 0.15) is 5.75 Å². The first-order chi connectivity index (χ1) is 15.7. The fraction of sp³-hybridized carbons (Fsp3) is 0.552. The number of rotatable bonds is 18. The van der Waals surface area contributed by atoms with E-state index in [4.69, 9.17) is 4.74 Å². The van der Waals surface area contributed by atoms with Crippen LogP contribution >= 0.6 is 0 Å². The molecule has 2 aromatic carbocycles. The second kappa shape index (κ2) is 16.5. The van der Waals surface area contributed by atoms with Gasteiger partial charge in [-0.2, -0.15) is 0 Å². The Balaban J connectivity index is 1.50. The van der Waals surface area contributed by atoms with E-state index in [0.29, 0.717) is 23.3 Å². The second-order valence-electron chi connectivity index (χ2n) is 8.82. The summed E-state index contributed by atoms with van der Waals surface area (Å²) in [5, 5.41) is 10.1. The van der Waals surface area contributed by atoms with Crippen LogP contribution in [0.2, 0.25) is 0 Å². The van der Waals surface area contributed by atoms with E-state index in [1.54, 1.807) is 24.3 Å². The van der Waals surface area contributed by atoms with Crippen molar-refractivity contribution in [1.82, 2.24) is 0 Å². The maximum absolute atomic E-state index is 12.4. The number of ether oxygens (including phenoxy) is 1. The van der Waals surface area contributed by atoms with Crippen molar-refractivity contribution in [3.05, 3.63) is 65.7 Å². The molecule has 0 saturated heterocycles. The van der Waals surface area contributed by atoms with Crippen molar-refractivity contribution in [2.75, 3.05) is 0 Å². The maximum atomic E-state index is 12.4. The van der Waals surface area contributed by atoms with Gasteiger partial charge >= 0.3 is 0 Å². The fourth-order valence-electron chi connectivity index (χ4n) is 3.99. The molecule has 0 spiro atoms. The van der Waals surface area contributed by atoms with Crippen LogP contribution in [0.25, 0.3) is 0 Å². The van der Waals surface area contributed by atoms with Gasteiger partial charge in [-0.25, -0.2) is 0 Å². The number of hydrogen-bond donors (Lipinski definition) is 1. The largest absolute Gasteiger partial charge is 0.465 e. The average Bonchev–Trinajstić information content (AvgIpc) is 2.82. The average molecular weight is 439 g/mol. The molecule has 0 aromatic heterocycles. The lowest BCUT2D eigenvalue weighted by molar-refractivity contribution is -0.0246. The molecule has 1 unspecified atom stereocenters. The molecule has 1 N–H and O–H groups in total. The molecule has 32 heavy (non-hydrogen) atoms. The topological polar surface area (TPSA) is 46.5 Å². The van der Waals surface area contributed by atoms with Gasteiger partial charge in [-0.05, 0) is 30.7 Å². The molecule has 2 rings (SSSR count). The van der Waals surface area contributed by atoms with Crippen LogP contribution in [0.1, 0.15) is 113 Å². The highest BCUT2D eigenvalue weighted by molar-refractivity contribution is 6.08. The van der Waals surface area contributed by atoms with E-state index >= 15 is 0 Å². The quantitative estimate of drug-likeness (QED) is 0.145. The maximum Gasteiger partial charge on any atom is 0.197 e. The van der Waals surface area contributed by atoms with Crippen molar-refractivity contribution in [3.63, 3.8) is 0 Å². The molecule has 0 aliphatic heterocycles. The van der Waals surface area contributed by atoms with E-state index in [0.717, 1.165) is 12.8 Å². The third kappa shape index (κ3) is 10.9. The molecule has 0 aliphatic carbocycles. The molecule has 0 bridgehead atoms. The molecule has 0 aliphatic rings. The lowest BCUT2D eigenvalue weighted by Crippen LogP contribution is -2.15. The zero-order chi connectivity index (χ0) is 22.9. The van der Waals surface area contributed by atoms with Crippen LogP contribution in [0.15, 0.2) is 54.6 Å². The van der Waals surface area contributed by atoms with Gasteiger partial charge in [0.05, 0.1) is 0 Å². The number of carbonyl (C=O) groups excluding carboxylic acids is 1. The second-order valence-corrected chi connectivity index (χ2v) is 8.82. The Bertz CT molecular complexity index is 724. The smallest absolute Gasteiger partial charge is 0.197 e. The number of ketones is 1. The van der Waals surface area contributed by atoms with Crippen molar-refractivity contribution < 1.29 is 14.6 Å². The van der Waals surface area contributed by atoms with Crippen LogP contribution in [-0.4, -0.2) is 17.2 Å². The monoisotopic (exact) mass is 438 g/mol. The highest BCUT2D eigenvalue weighted by atomic mass is 16.6. The first kappa shape index (κ1) is 26.1. The van der Waals surface area contributed by atoms with Gasteiger partial charge in [-0.15, -0.1) is 0 Å². The Morgan fingerprint density at radius 3 is 1.69 bits per heavy atom. The Hall–Kier alpha value is -2.13. The van der Waals surface area contributed by atoms with E-state index in [1.165, 1.54) is 70.6 Å². The Kier molecular flexibility index (Phi) is 13.5. The predicted molar refractivity (Wildman–Crippen MR) is 133 cm³/mol. The van der Waals surface area contributed by atoms with Crippen molar-refractivity contribution >= 4 is 5.78 Å². The minimum absolute atomic E-state index is 0.00956. The van der Waals surface area contributed by atoms with Gasteiger partial charge in [0, 0.05) is 17.5 Å². The van der Waals surface area contributed by atoms with E-state index in [1.807, 2.05) is 30.3 Å². The van der Waals surface area contributed by atoms with E-state index in [9.17, 15) is 9.90 Å². The molecule has 3 nitrogen and oxygen atoms in total. The molecule has 176 valence electrons. The van der Waals surface area contributed by atoms with Crippen LogP contribution in [0, 0.1) is 0 Å². The van der Waals surface area contributed by atoms with Gasteiger partial charge in [0.25, 0.3) is 0 Å². The summed E-state index contributed by atoms with van der Waals surface area (Å²) in [6.07, 6.45) is 16.9. The van der Waals surface area contributed by atoms with Crippen molar-refractivity contribution in [1.29, 1.82) is 0 Å². The molecule has 0 saturated carbocycles. The third-order valence-corrected chi connectivity index (χ3v) is 5.98. The van der Waals surface area contributed by atoms with Gasteiger partial charge in [0.15, 0.2) is 12.1 Å². The number of hydrogen-bond acceptors (Lipinski definition) is 3. The molecular formula is C29H42O3. The normalized spacial score (nSPS) is 11.9. The number of unbranched alkanes of at least 4 members (excludes halogenated alkanes) is 12. The first-order valence-electron chi connectivity index (χ1n) is 12.7. The molecule has 1 atom stereocenters. The van der Waals surface area contributed by atoms with Crippen LogP contribution in [0.5, 0.6) is 5.75 Å². The minimum Gasteiger partial charge on any atom is -0.465 e. The summed E-state index contributed by atoms with van der Waals surface area (Å²) >= 11 is 0. The van der Waals surface area contributed by atoms with Crippen molar-refractivity contribution in [2.45, 2.75) is 103 Å². The van der Waals surface area contributed by atoms with Gasteiger partial charge in [0.2, 0.25) is 0 Å². The summed E-state index contributed by atoms with van der Waals surface area (Å²) in [5.41, 5.74) is 1.29. The highest BCUT2D eigenvalue weighted by Gasteiger charge is 2.10. The lowest BCUT2D eigenvalue weighted by atomic mass is 10.0. The standard InChI is InChI=1S/C29H42O3/c1-2-3-4-5-6-7-8-9-10-11-12-13-17-20-28(30)32-27-23-21-26(22-24-27)29(31)25-18-15-14-16-19-25/h14-16,18-19,21-24,28,30H,2-13,17,20H2,1H3. The summed E-state index contributed by atoms with van der Waals surface area (Å²) in [6, 6.07) is 16.2. The Morgan fingerprint density at radius 1 is 0.688 bits per heavy atom. The first-order valence-corrected chi connectivity index (χ1v) is 12.7. The predicted octanol–water partition coefficient (Wildman–Crippen LogP) is 8.10. The zero-order valence-electron chi connectivity index (χ0n) is 19.9. The fourth-order valence-corrected chi connectivity index (χ4v) is 3.99. The van der Waals surface area contributed by atoms with Gasteiger partial charge in [-0.3, -0.25) is 4.79 Å². The summed E-state index contributed by atoms with van der Waals surface area (Å²) in [6.45, 7) is 2.27. The molecule has 0 amide bonds. The minimum atomic E-state index is -0.793. The zero-order valence-corrected chi connectivity index (χ0v) is 19.9. The summed E-state index contributed by atoms with van der Waals surface area (Å²) in [4.78, 5) is 12.4. The van der Waals surface area contributed by atoms with E-state index < -0.39 is 6.29 Å². The SMILES string of the molecule is CCCCCCCCCCCCCCCC(O)Oc1ccc(C(=O)c2ccccc2)cc1. The molecule has 2 aromatic rings. The van der Waals surface area contributed by atoms with E-state index in [2.05, 4.69) is 6.92 Å². The van der Waals surface area contributed by atoms with Crippen LogP contribution < -0.4 is 4.74 Å². The molecule has 3 heteroatoms. The number of benzene rings is 2. The van der Waals surface area contributed by atoms with Crippen LogP contribution in [0.3, 0.4) is 0 Å². The van der Waals surface area contributed by atoms with Gasteiger partial charge < -0.3 is 9.84 Å².